The zero-order chi connectivity index (χ0) is 20.2. The average Bonchev–Trinajstić information content (AvgIpc) is 3.19. The van der Waals surface area contributed by atoms with Gasteiger partial charge in [0.25, 0.3) is 5.56 Å². The Morgan fingerprint density at radius 1 is 1.31 bits per heavy atom. The van der Waals surface area contributed by atoms with E-state index in [1.165, 1.54) is 4.88 Å². The number of unbranched alkanes of at least 4 members (excludes halogenated alkanes) is 1. The maximum absolute atomic E-state index is 12.7. The molecule has 0 saturated carbocycles. The van der Waals surface area contributed by atoms with Crippen LogP contribution in [-0.2, 0) is 18.2 Å². The molecule has 0 unspecified atom stereocenters. The van der Waals surface area contributed by atoms with Crippen LogP contribution in [0, 0.1) is 5.92 Å². The van der Waals surface area contributed by atoms with Crippen LogP contribution < -0.4 is 10.3 Å². The van der Waals surface area contributed by atoms with E-state index in [-0.39, 0.29) is 5.56 Å². The van der Waals surface area contributed by atoms with Gasteiger partial charge in [-0.1, -0.05) is 13.3 Å². The van der Waals surface area contributed by atoms with Crippen LogP contribution in [0.4, 0.5) is 0 Å². The first kappa shape index (κ1) is 20.1. The Morgan fingerprint density at radius 2 is 2.14 bits per heavy atom. The first-order valence-corrected chi connectivity index (χ1v) is 11.3. The highest BCUT2D eigenvalue weighted by atomic mass is 32.1. The molecule has 5 nitrogen and oxygen atoms in total. The lowest BCUT2D eigenvalue weighted by Gasteiger charge is -2.21. The normalized spacial score (nSPS) is 15.1. The second kappa shape index (κ2) is 9.09. The number of pyridine rings is 2. The van der Waals surface area contributed by atoms with Crippen LogP contribution in [0.2, 0.25) is 0 Å². The van der Waals surface area contributed by atoms with Crippen LogP contribution in [0.25, 0.3) is 21.2 Å². The standard InChI is InChI=1S/C23H28N2O3S/c1-3-4-5-18-13-19-22(29-18)20(14-25(2)23(19)26)17-6-9-24-21(12-17)28-15-16-7-10-27-11-8-16/h6,9,12-14,16H,3-5,7-8,10-11,15H2,1-2H3. The van der Waals surface area contributed by atoms with Crippen LogP contribution in [0.15, 0.2) is 35.4 Å². The van der Waals surface area contributed by atoms with Crippen LogP contribution in [0.5, 0.6) is 5.88 Å². The molecule has 3 aromatic heterocycles. The number of aromatic nitrogens is 2. The van der Waals surface area contributed by atoms with Crippen molar-refractivity contribution in [1.29, 1.82) is 0 Å². The van der Waals surface area contributed by atoms with E-state index in [1.807, 2.05) is 25.4 Å². The monoisotopic (exact) mass is 412 g/mol. The lowest BCUT2D eigenvalue weighted by Crippen LogP contribution is -2.21. The Kier molecular flexibility index (Phi) is 6.31. The van der Waals surface area contributed by atoms with Gasteiger partial charge < -0.3 is 14.0 Å². The maximum Gasteiger partial charge on any atom is 0.259 e. The first-order valence-electron chi connectivity index (χ1n) is 10.4. The summed E-state index contributed by atoms with van der Waals surface area (Å²) < 4.78 is 14.2. The predicted octanol–water partition coefficient (Wildman–Crippen LogP) is 4.81. The molecule has 29 heavy (non-hydrogen) atoms. The van der Waals surface area contributed by atoms with Gasteiger partial charge in [-0.25, -0.2) is 4.98 Å². The van der Waals surface area contributed by atoms with Crippen molar-refractivity contribution in [2.75, 3.05) is 19.8 Å². The van der Waals surface area contributed by atoms with Gasteiger partial charge in [-0.05, 0) is 49.3 Å². The molecule has 0 N–H and O–H groups in total. The van der Waals surface area contributed by atoms with Gasteiger partial charge in [-0.2, -0.15) is 0 Å². The van der Waals surface area contributed by atoms with E-state index in [2.05, 4.69) is 18.0 Å². The van der Waals surface area contributed by atoms with Crippen molar-refractivity contribution in [3.05, 3.63) is 45.8 Å². The SMILES string of the molecule is CCCCc1cc2c(=O)n(C)cc(-c3ccnc(OCC4CCOCC4)c3)c2s1. The van der Waals surface area contributed by atoms with E-state index in [0.29, 0.717) is 18.4 Å². The number of nitrogens with zero attached hydrogens (tertiary/aromatic N) is 2. The molecule has 6 heteroatoms. The van der Waals surface area contributed by atoms with E-state index < -0.39 is 0 Å². The van der Waals surface area contributed by atoms with Gasteiger partial charge >= 0.3 is 0 Å². The largest absolute Gasteiger partial charge is 0.477 e. The average molecular weight is 413 g/mol. The Hall–Kier alpha value is -2.18. The van der Waals surface area contributed by atoms with Crippen molar-refractivity contribution in [2.45, 2.75) is 39.0 Å². The molecular formula is C23H28N2O3S. The molecule has 0 spiro atoms. The lowest BCUT2D eigenvalue weighted by molar-refractivity contribution is 0.0490. The minimum atomic E-state index is 0.0628. The summed E-state index contributed by atoms with van der Waals surface area (Å²) in [5.74, 6) is 1.16. The third-order valence-corrected chi connectivity index (χ3v) is 6.76. The van der Waals surface area contributed by atoms with E-state index >= 15 is 0 Å². The summed E-state index contributed by atoms with van der Waals surface area (Å²) in [6.45, 7) is 4.49. The fourth-order valence-corrected chi connectivity index (χ4v) is 4.98. The Morgan fingerprint density at radius 3 is 2.93 bits per heavy atom. The van der Waals surface area contributed by atoms with Gasteiger partial charge in [-0.3, -0.25) is 4.79 Å². The number of fused-ring (bicyclic) bond motifs is 1. The zero-order valence-electron chi connectivity index (χ0n) is 17.1. The summed E-state index contributed by atoms with van der Waals surface area (Å²) in [6, 6.07) is 6.06. The number of rotatable bonds is 7. The van der Waals surface area contributed by atoms with Gasteiger partial charge in [0.15, 0.2) is 0 Å². The molecule has 4 heterocycles. The van der Waals surface area contributed by atoms with Crippen LogP contribution in [0.1, 0.15) is 37.5 Å². The van der Waals surface area contributed by atoms with Crippen molar-refractivity contribution < 1.29 is 9.47 Å². The van der Waals surface area contributed by atoms with Gasteiger partial charge in [-0.15, -0.1) is 11.3 Å². The van der Waals surface area contributed by atoms with Crippen molar-refractivity contribution in [3.8, 4) is 17.0 Å². The Labute approximate surface area is 175 Å². The maximum atomic E-state index is 12.7. The Bertz CT molecular complexity index is 1030. The molecule has 0 aromatic carbocycles. The fraction of sp³-hybridized carbons (Fsp3) is 0.478. The molecule has 0 bridgehead atoms. The summed E-state index contributed by atoms with van der Waals surface area (Å²) in [4.78, 5) is 18.3. The first-order chi connectivity index (χ1) is 14.2. The van der Waals surface area contributed by atoms with Crippen LogP contribution in [0.3, 0.4) is 0 Å². The summed E-state index contributed by atoms with van der Waals surface area (Å²) in [5, 5.41) is 0.808. The van der Waals surface area contributed by atoms with E-state index in [9.17, 15) is 4.79 Å². The van der Waals surface area contributed by atoms with E-state index in [4.69, 9.17) is 9.47 Å². The van der Waals surface area contributed by atoms with Gasteiger partial charge in [0.2, 0.25) is 5.88 Å². The van der Waals surface area contributed by atoms with Crippen molar-refractivity contribution in [2.24, 2.45) is 13.0 Å². The molecule has 1 aliphatic rings. The third kappa shape index (κ3) is 4.54. The smallest absolute Gasteiger partial charge is 0.259 e. The molecule has 0 amide bonds. The molecule has 3 aromatic rings. The number of thiophene rings is 1. The second-order valence-corrected chi connectivity index (χ2v) is 8.90. The highest BCUT2D eigenvalue weighted by Crippen LogP contribution is 2.34. The highest BCUT2D eigenvalue weighted by Gasteiger charge is 2.16. The minimum Gasteiger partial charge on any atom is -0.477 e. The fourth-order valence-electron chi connectivity index (χ4n) is 3.75. The van der Waals surface area contributed by atoms with Crippen LogP contribution >= 0.6 is 11.3 Å². The van der Waals surface area contributed by atoms with Crippen LogP contribution in [-0.4, -0.2) is 29.4 Å². The van der Waals surface area contributed by atoms with Crippen molar-refractivity contribution in [1.82, 2.24) is 9.55 Å². The summed E-state index contributed by atoms with van der Waals surface area (Å²) in [7, 11) is 1.82. The molecule has 4 rings (SSSR count). The summed E-state index contributed by atoms with van der Waals surface area (Å²) in [6.07, 6.45) is 9.11. The minimum absolute atomic E-state index is 0.0628. The number of aryl methyl sites for hydroxylation is 2. The third-order valence-electron chi connectivity index (χ3n) is 5.53. The molecular weight excluding hydrogens is 384 g/mol. The molecule has 0 atom stereocenters. The van der Waals surface area contributed by atoms with Crippen molar-refractivity contribution >= 4 is 21.4 Å². The van der Waals surface area contributed by atoms with E-state index in [1.54, 1.807) is 22.1 Å². The Balaban J connectivity index is 1.64. The topological polar surface area (TPSA) is 53.4 Å². The predicted molar refractivity (Wildman–Crippen MR) is 118 cm³/mol. The second-order valence-electron chi connectivity index (χ2n) is 7.77. The van der Waals surface area contributed by atoms with E-state index in [0.717, 1.165) is 66.5 Å². The lowest BCUT2D eigenvalue weighted by atomic mass is 10.0. The molecule has 0 aliphatic carbocycles. The van der Waals surface area contributed by atoms with Gasteiger partial charge in [0.1, 0.15) is 0 Å². The number of hydrogen-bond donors (Lipinski definition) is 0. The zero-order valence-corrected chi connectivity index (χ0v) is 18.0. The van der Waals surface area contributed by atoms with Gasteiger partial charge in [0.05, 0.1) is 12.0 Å². The molecule has 1 saturated heterocycles. The quantitative estimate of drug-likeness (QED) is 0.559. The summed E-state index contributed by atoms with van der Waals surface area (Å²) >= 11 is 1.74. The summed E-state index contributed by atoms with van der Waals surface area (Å²) in [5.41, 5.74) is 2.16. The van der Waals surface area contributed by atoms with Gasteiger partial charge in [0, 0.05) is 53.9 Å². The molecule has 0 radical (unpaired) electrons. The highest BCUT2D eigenvalue weighted by molar-refractivity contribution is 7.19. The molecule has 1 aliphatic heterocycles. The molecule has 1 fully saturated rings. The molecule has 154 valence electrons. The van der Waals surface area contributed by atoms with Crippen molar-refractivity contribution in [3.63, 3.8) is 0 Å². The number of ether oxygens (including phenoxy) is 2. The number of hydrogen-bond acceptors (Lipinski definition) is 5.